The van der Waals surface area contributed by atoms with Crippen molar-refractivity contribution in [2.75, 3.05) is 0 Å². The number of hydrogen-bond donors (Lipinski definition) is 0. The van der Waals surface area contributed by atoms with Crippen molar-refractivity contribution in [2.45, 2.75) is 13.3 Å². The molecule has 116 valence electrons. The number of hydrogen-bond acceptors (Lipinski definition) is 3. The molecule has 1 aromatic carbocycles. The zero-order chi connectivity index (χ0) is 15.7. The number of benzene rings is 1. The van der Waals surface area contributed by atoms with E-state index < -0.39 is 0 Å². The van der Waals surface area contributed by atoms with Crippen molar-refractivity contribution in [3.05, 3.63) is 47.5 Å². The monoisotopic (exact) mass is 306 g/mol. The van der Waals surface area contributed by atoms with Crippen LogP contribution in [0.4, 0.5) is 0 Å². The van der Waals surface area contributed by atoms with Crippen LogP contribution in [-0.4, -0.2) is 23.0 Å². The topological polar surface area (TPSA) is 49.7 Å². The molecule has 1 aromatic rings. The Morgan fingerprint density at radius 1 is 1.00 bits per heavy atom. The van der Waals surface area contributed by atoms with E-state index in [9.17, 15) is 9.59 Å². The van der Waals surface area contributed by atoms with Crippen LogP contribution >= 0.6 is 0 Å². The van der Waals surface area contributed by atoms with Crippen molar-refractivity contribution in [1.82, 2.24) is 5.01 Å². The van der Waals surface area contributed by atoms with E-state index in [1.807, 2.05) is 31.2 Å². The Morgan fingerprint density at radius 3 is 2.13 bits per heavy atom. The highest BCUT2D eigenvalue weighted by Crippen LogP contribution is 2.65. The standard InChI is InChI=1S/C19H18N2O2/c1-10-2-4-11(5-3-10)9-20-21-18(22)16-12-6-7-13(15-8-14(12)15)17(16)19(21)23/h2-7,9,12-17H,8H2,1H3/b20-9-/t12-,13-,14-,15-,16-,17+/m1/s1. The second-order valence-corrected chi connectivity index (χ2v) is 7.30. The van der Waals surface area contributed by atoms with Crippen LogP contribution in [-0.2, 0) is 9.59 Å². The lowest BCUT2D eigenvalue weighted by Gasteiger charge is -2.37. The maximum absolute atomic E-state index is 12.7. The van der Waals surface area contributed by atoms with Crippen molar-refractivity contribution in [1.29, 1.82) is 0 Å². The summed E-state index contributed by atoms with van der Waals surface area (Å²) >= 11 is 0. The van der Waals surface area contributed by atoms with E-state index >= 15 is 0 Å². The lowest BCUT2D eigenvalue weighted by molar-refractivity contribution is -0.140. The molecule has 4 heteroatoms. The number of hydrazone groups is 1. The molecule has 0 aromatic heterocycles. The van der Waals surface area contributed by atoms with Gasteiger partial charge in [-0.25, -0.2) is 0 Å². The summed E-state index contributed by atoms with van der Waals surface area (Å²) in [5.41, 5.74) is 2.07. The van der Waals surface area contributed by atoms with Crippen LogP contribution in [0.5, 0.6) is 0 Å². The van der Waals surface area contributed by atoms with Crippen molar-refractivity contribution in [3.8, 4) is 0 Å². The minimum absolute atomic E-state index is 0.104. The van der Waals surface area contributed by atoms with Crippen LogP contribution in [0.3, 0.4) is 0 Å². The van der Waals surface area contributed by atoms with E-state index in [2.05, 4.69) is 17.3 Å². The average molecular weight is 306 g/mol. The van der Waals surface area contributed by atoms with E-state index in [1.165, 1.54) is 12.0 Å². The lowest BCUT2D eigenvalue weighted by atomic mass is 9.63. The number of amides is 2. The van der Waals surface area contributed by atoms with Gasteiger partial charge in [0.1, 0.15) is 0 Å². The second-order valence-electron chi connectivity index (χ2n) is 7.30. The van der Waals surface area contributed by atoms with Crippen LogP contribution in [0.25, 0.3) is 0 Å². The summed E-state index contributed by atoms with van der Waals surface area (Å²) < 4.78 is 0. The highest BCUT2D eigenvalue weighted by Gasteiger charge is 2.67. The fourth-order valence-corrected chi connectivity index (χ4v) is 4.83. The van der Waals surface area contributed by atoms with Gasteiger partial charge in [-0.05, 0) is 42.6 Å². The highest BCUT2D eigenvalue weighted by molar-refractivity contribution is 6.06. The van der Waals surface area contributed by atoms with Crippen molar-refractivity contribution in [2.24, 2.45) is 40.6 Å². The molecular weight excluding hydrogens is 288 g/mol. The summed E-state index contributed by atoms with van der Waals surface area (Å²) in [5.74, 6) is 1.22. The molecule has 6 rings (SSSR count). The third kappa shape index (κ3) is 1.75. The summed E-state index contributed by atoms with van der Waals surface area (Å²) in [5, 5.41) is 5.36. The van der Waals surface area contributed by atoms with Gasteiger partial charge in [-0.15, -0.1) is 0 Å². The maximum Gasteiger partial charge on any atom is 0.254 e. The Hall–Kier alpha value is -2.23. The van der Waals surface area contributed by atoms with Gasteiger partial charge in [0.25, 0.3) is 11.8 Å². The lowest BCUT2D eigenvalue weighted by Crippen LogP contribution is -2.40. The molecule has 4 aliphatic carbocycles. The molecule has 6 atom stereocenters. The van der Waals surface area contributed by atoms with Crippen molar-refractivity contribution < 1.29 is 9.59 Å². The van der Waals surface area contributed by atoms with E-state index in [1.54, 1.807) is 6.21 Å². The molecule has 2 amide bonds. The molecule has 23 heavy (non-hydrogen) atoms. The number of carbonyl (C=O) groups excluding carboxylic acids is 2. The average Bonchev–Trinajstić information content (AvgIpc) is 3.33. The minimum atomic E-state index is -0.170. The van der Waals surface area contributed by atoms with Gasteiger partial charge < -0.3 is 0 Å². The molecule has 2 bridgehead atoms. The first-order chi connectivity index (χ1) is 11.1. The van der Waals surface area contributed by atoms with E-state index in [0.29, 0.717) is 11.8 Å². The number of imide groups is 1. The van der Waals surface area contributed by atoms with Crippen LogP contribution in [0.1, 0.15) is 17.5 Å². The number of allylic oxidation sites excluding steroid dienone is 2. The molecule has 4 nitrogen and oxygen atoms in total. The van der Waals surface area contributed by atoms with Gasteiger partial charge >= 0.3 is 0 Å². The van der Waals surface area contributed by atoms with Crippen LogP contribution in [0, 0.1) is 42.4 Å². The number of carbonyl (C=O) groups is 2. The number of rotatable bonds is 2. The first-order valence-corrected chi connectivity index (χ1v) is 8.32. The minimum Gasteiger partial charge on any atom is -0.272 e. The summed E-state index contributed by atoms with van der Waals surface area (Å²) in [6, 6.07) is 7.87. The van der Waals surface area contributed by atoms with Gasteiger partial charge in [-0.2, -0.15) is 10.1 Å². The zero-order valence-corrected chi connectivity index (χ0v) is 12.9. The van der Waals surface area contributed by atoms with Crippen LogP contribution in [0.15, 0.2) is 41.5 Å². The Morgan fingerprint density at radius 2 is 1.57 bits per heavy atom. The Balaban J connectivity index is 1.44. The first kappa shape index (κ1) is 13.2. The summed E-state index contributed by atoms with van der Waals surface area (Å²) in [6.07, 6.45) is 7.15. The summed E-state index contributed by atoms with van der Waals surface area (Å²) in [4.78, 5) is 25.5. The molecule has 0 N–H and O–H groups in total. The molecule has 3 fully saturated rings. The predicted molar refractivity (Wildman–Crippen MR) is 85.3 cm³/mol. The molecule has 5 aliphatic rings. The molecule has 0 spiro atoms. The summed E-state index contributed by atoms with van der Waals surface area (Å²) in [6.45, 7) is 2.02. The quantitative estimate of drug-likeness (QED) is 0.478. The fraction of sp³-hybridized carbons (Fsp3) is 0.421. The zero-order valence-electron chi connectivity index (χ0n) is 12.9. The first-order valence-electron chi connectivity index (χ1n) is 8.32. The molecule has 0 unspecified atom stereocenters. The molecule has 1 heterocycles. The van der Waals surface area contributed by atoms with E-state index in [0.717, 1.165) is 10.6 Å². The van der Waals surface area contributed by atoms with Crippen molar-refractivity contribution in [3.63, 3.8) is 0 Å². The fourth-order valence-electron chi connectivity index (χ4n) is 4.83. The van der Waals surface area contributed by atoms with Crippen LogP contribution in [0.2, 0.25) is 0 Å². The number of aryl methyl sites for hydroxylation is 1. The second kappa shape index (κ2) is 4.40. The van der Waals surface area contributed by atoms with Crippen LogP contribution < -0.4 is 0 Å². The van der Waals surface area contributed by atoms with Gasteiger partial charge in [0.05, 0.1) is 18.1 Å². The van der Waals surface area contributed by atoms with E-state index in [4.69, 9.17) is 0 Å². The molecular formula is C19H18N2O2. The predicted octanol–water partition coefficient (Wildman–Crippen LogP) is 2.38. The molecule has 0 radical (unpaired) electrons. The SMILES string of the molecule is Cc1ccc(/C=N\N2C(=O)[C@@H]3[C@@H]4C=C[C@H]([C@H]5C[C@H]45)[C@@H]3C2=O)cc1. The Kier molecular flexibility index (Phi) is 2.53. The van der Waals surface area contributed by atoms with Gasteiger partial charge in [-0.3, -0.25) is 9.59 Å². The Bertz CT molecular complexity index is 728. The van der Waals surface area contributed by atoms with Gasteiger partial charge in [0, 0.05) is 0 Å². The van der Waals surface area contributed by atoms with Gasteiger partial charge in [-0.1, -0.05) is 42.0 Å². The maximum atomic E-state index is 12.7. The molecule has 1 aliphatic heterocycles. The Labute approximate surface area is 134 Å². The molecule has 2 saturated carbocycles. The van der Waals surface area contributed by atoms with Gasteiger partial charge in [0.15, 0.2) is 0 Å². The third-order valence-electron chi connectivity index (χ3n) is 6.04. The number of nitrogens with zero attached hydrogens (tertiary/aromatic N) is 2. The largest absolute Gasteiger partial charge is 0.272 e. The summed E-state index contributed by atoms with van der Waals surface area (Å²) in [7, 11) is 0. The molecule has 1 saturated heterocycles. The van der Waals surface area contributed by atoms with Gasteiger partial charge in [0.2, 0.25) is 0 Å². The van der Waals surface area contributed by atoms with E-state index in [-0.39, 0.29) is 35.5 Å². The third-order valence-corrected chi connectivity index (χ3v) is 6.04. The normalized spacial score (nSPS) is 40.0. The van der Waals surface area contributed by atoms with Crippen molar-refractivity contribution >= 4 is 18.0 Å². The highest BCUT2D eigenvalue weighted by atomic mass is 16.2. The smallest absolute Gasteiger partial charge is 0.254 e.